The zero-order valence-electron chi connectivity index (χ0n) is 10.3. The highest BCUT2D eigenvalue weighted by Crippen LogP contribution is 2.19. The summed E-state index contributed by atoms with van der Waals surface area (Å²) in [5.41, 5.74) is 3.54. The van der Waals surface area contributed by atoms with Gasteiger partial charge in [0, 0.05) is 0 Å². The summed E-state index contributed by atoms with van der Waals surface area (Å²) in [6.45, 7) is 6.13. The topological polar surface area (TPSA) is 45.8 Å². The highest BCUT2D eigenvalue weighted by Gasteiger charge is 2.08. The molecule has 0 amide bonds. The molecule has 3 heteroatoms. The van der Waals surface area contributed by atoms with Crippen molar-refractivity contribution in [3.05, 3.63) is 51.9 Å². The number of nitrogens with zero attached hydrogens (tertiary/aromatic N) is 1. The first-order valence-corrected chi connectivity index (χ1v) is 5.74. The first-order valence-electron chi connectivity index (χ1n) is 5.74. The van der Waals surface area contributed by atoms with Crippen LogP contribution in [0.25, 0.3) is 11.1 Å². The van der Waals surface area contributed by atoms with Gasteiger partial charge in [-0.15, -0.1) is 0 Å². The first-order chi connectivity index (χ1) is 8.08. The lowest BCUT2D eigenvalue weighted by Crippen LogP contribution is -2.13. The van der Waals surface area contributed by atoms with Crippen molar-refractivity contribution >= 4 is 0 Å². The number of benzene rings is 1. The molecule has 1 N–H and O–H groups in total. The predicted octanol–water partition coefficient (Wildman–Crippen LogP) is 2.87. The van der Waals surface area contributed by atoms with E-state index < -0.39 is 0 Å². The van der Waals surface area contributed by atoms with Crippen molar-refractivity contribution in [2.75, 3.05) is 0 Å². The summed E-state index contributed by atoms with van der Waals surface area (Å²) in [5.74, 6) is 0.301. The smallest absolute Gasteiger partial charge is 0.267 e. The van der Waals surface area contributed by atoms with Crippen LogP contribution in [-0.4, -0.2) is 10.2 Å². The van der Waals surface area contributed by atoms with Crippen LogP contribution >= 0.6 is 0 Å². The standard InChI is InChI=1S/C14H16N2O/c1-9(2)13-8-12(14(17)16-15-13)11-6-4-5-10(3)7-11/h4-9H,1-3H3,(H,16,17). The molecule has 1 aromatic heterocycles. The lowest BCUT2D eigenvalue weighted by atomic mass is 10.0. The summed E-state index contributed by atoms with van der Waals surface area (Å²) in [5, 5.41) is 6.61. The molecule has 17 heavy (non-hydrogen) atoms. The molecule has 1 aromatic carbocycles. The Morgan fingerprint density at radius 1 is 1.24 bits per heavy atom. The van der Waals surface area contributed by atoms with Gasteiger partial charge in [-0.05, 0) is 24.5 Å². The minimum atomic E-state index is -0.139. The van der Waals surface area contributed by atoms with Crippen LogP contribution in [0.5, 0.6) is 0 Å². The third kappa shape index (κ3) is 2.44. The van der Waals surface area contributed by atoms with Crippen LogP contribution in [0.3, 0.4) is 0 Å². The molecule has 3 nitrogen and oxygen atoms in total. The zero-order valence-corrected chi connectivity index (χ0v) is 10.3. The monoisotopic (exact) mass is 228 g/mol. The normalized spacial score (nSPS) is 10.8. The molecule has 0 radical (unpaired) electrons. The second-order valence-corrected chi connectivity index (χ2v) is 4.56. The van der Waals surface area contributed by atoms with E-state index in [9.17, 15) is 4.79 Å². The quantitative estimate of drug-likeness (QED) is 0.859. The van der Waals surface area contributed by atoms with Crippen LogP contribution < -0.4 is 5.56 Å². The molecule has 0 saturated heterocycles. The van der Waals surface area contributed by atoms with Crippen LogP contribution in [0.15, 0.2) is 35.1 Å². The van der Waals surface area contributed by atoms with Gasteiger partial charge in [-0.1, -0.05) is 43.7 Å². The number of nitrogens with one attached hydrogen (secondary N) is 1. The highest BCUT2D eigenvalue weighted by atomic mass is 16.1. The first kappa shape index (κ1) is 11.6. The summed E-state index contributed by atoms with van der Waals surface area (Å²) in [4.78, 5) is 11.8. The Balaban J connectivity index is 2.58. The number of H-pyrrole nitrogens is 1. The fourth-order valence-electron chi connectivity index (χ4n) is 1.74. The molecule has 0 bridgehead atoms. The fourth-order valence-corrected chi connectivity index (χ4v) is 1.74. The molecule has 0 spiro atoms. The van der Waals surface area contributed by atoms with Gasteiger partial charge in [0.05, 0.1) is 11.3 Å². The molecule has 2 rings (SSSR count). The Hall–Kier alpha value is -1.90. The maximum absolute atomic E-state index is 11.8. The Kier molecular flexibility index (Phi) is 3.09. The third-order valence-electron chi connectivity index (χ3n) is 2.74. The van der Waals surface area contributed by atoms with E-state index in [1.165, 1.54) is 0 Å². The molecule has 0 unspecified atom stereocenters. The number of hydrogen-bond donors (Lipinski definition) is 1. The van der Waals surface area contributed by atoms with E-state index in [4.69, 9.17) is 0 Å². The fraction of sp³-hybridized carbons (Fsp3) is 0.286. The van der Waals surface area contributed by atoms with Gasteiger partial charge in [-0.3, -0.25) is 4.79 Å². The van der Waals surface area contributed by atoms with E-state index in [1.807, 2.05) is 37.3 Å². The molecule has 2 aromatic rings. The van der Waals surface area contributed by atoms with Gasteiger partial charge in [-0.2, -0.15) is 5.10 Å². The van der Waals surface area contributed by atoms with Gasteiger partial charge in [0.1, 0.15) is 0 Å². The van der Waals surface area contributed by atoms with E-state index >= 15 is 0 Å². The maximum Gasteiger partial charge on any atom is 0.272 e. The van der Waals surface area contributed by atoms with Gasteiger partial charge < -0.3 is 0 Å². The Morgan fingerprint density at radius 3 is 2.65 bits per heavy atom. The van der Waals surface area contributed by atoms with Crippen molar-refractivity contribution in [1.82, 2.24) is 10.2 Å². The average Bonchev–Trinajstić information content (AvgIpc) is 2.29. The lowest BCUT2D eigenvalue weighted by Gasteiger charge is -2.06. The van der Waals surface area contributed by atoms with Crippen LogP contribution in [0.1, 0.15) is 31.0 Å². The van der Waals surface area contributed by atoms with Gasteiger partial charge in [-0.25, -0.2) is 5.10 Å². The van der Waals surface area contributed by atoms with Crippen molar-refractivity contribution < 1.29 is 0 Å². The summed E-state index contributed by atoms with van der Waals surface area (Å²) in [6.07, 6.45) is 0. The van der Waals surface area contributed by atoms with Crippen LogP contribution in [-0.2, 0) is 0 Å². The molecular weight excluding hydrogens is 212 g/mol. The van der Waals surface area contributed by atoms with E-state index in [0.717, 1.165) is 16.8 Å². The molecule has 88 valence electrons. The van der Waals surface area contributed by atoms with Crippen molar-refractivity contribution in [3.63, 3.8) is 0 Å². The summed E-state index contributed by atoms with van der Waals surface area (Å²) in [6, 6.07) is 9.80. The molecule has 0 aliphatic carbocycles. The molecular formula is C14H16N2O. The van der Waals surface area contributed by atoms with E-state index in [1.54, 1.807) is 0 Å². The number of aromatic amines is 1. The van der Waals surface area contributed by atoms with Gasteiger partial charge in [0.2, 0.25) is 0 Å². The van der Waals surface area contributed by atoms with Crippen LogP contribution in [0.2, 0.25) is 0 Å². The SMILES string of the molecule is Cc1cccc(-c2cc(C(C)C)n[nH]c2=O)c1. The average molecular weight is 228 g/mol. The van der Waals surface area contributed by atoms with E-state index in [-0.39, 0.29) is 5.56 Å². The summed E-state index contributed by atoms with van der Waals surface area (Å²) in [7, 11) is 0. The van der Waals surface area contributed by atoms with Crippen LogP contribution in [0.4, 0.5) is 0 Å². The minimum Gasteiger partial charge on any atom is -0.267 e. The molecule has 0 atom stereocenters. The Bertz CT molecular complexity index is 585. The third-order valence-corrected chi connectivity index (χ3v) is 2.74. The zero-order chi connectivity index (χ0) is 12.4. The molecule has 0 aliphatic rings. The van der Waals surface area contributed by atoms with E-state index in [0.29, 0.717) is 11.5 Å². The molecule has 0 aliphatic heterocycles. The Labute approximate surface area is 101 Å². The number of hydrogen-bond acceptors (Lipinski definition) is 2. The lowest BCUT2D eigenvalue weighted by molar-refractivity contribution is 0.778. The maximum atomic E-state index is 11.8. The summed E-state index contributed by atoms with van der Waals surface area (Å²) >= 11 is 0. The van der Waals surface area contributed by atoms with Gasteiger partial charge in [0.25, 0.3) is 5.56 Å². The van der Waals surface area contributed by atoms with Gasteiger partial charge in [0.15, 0.2) is 0 Å². The summed E-state index contributed by atoms with van der Waals surface area (Å²) < 4.78 is 0. The number of aromatic nitrogens is 2. The second kappa shape index (κ2) is 4.53. The van der Waals surface area contributed by atoms with Crippen molar-refractivity contribution in [3.8, 4) is 11.1 Å². The van der Waals surface area contributed by atoms with E-state index in [2.05, 4.69) is 24.0 Å². The highest BCUT2D eigenvalue weighted by molar-refractivity contribution is 5.63. The second-order valence-electron chi connectivity index (χ2n) is 4.56. The van der Waals surface area contributed by atoms with Gasteiger partial charge >= 0.3 is 0 Å². The van der Waals surface area contributed by atoms with Crippen LogP contribution in [0, 0.1) is 6.92 Å². The molecule has 0 fully saturated rings. The Morgan fingerprint density at radius 2 is 2.00 bits per heavy atom. The number of aryl methyl sites for hydroxylation is 1. The predicted molar refractivity (Wildman–Crippen MR) is 69.1 cm³/mol. The van der Waals surface area contributed by atoms with Crippen molar-refractivity contribution in [2.24, 2.45) is 0 Å². The molecule has 0 saturated carbocycles. The largest absolute Gasteiger partial charge is 0.272 e. The van der Waals surface area contributed by atoms with Crippen molar-refractivity contribution in [2.45, 2.75) is 26.7 Å². The minimum absolute atomic E-state index is 0.139. The molecule has 1 heterocycles. The van der Waals surface area contributed by atoms with Crippen molar-refractivity contribution in [1.29, 1.82) is 0 Å². The number of rotatable bonds is 2.